The number of hydrogen-bond donors (Lipinski definition) is 2. The zero-order valence-corrected chi connectivity index (χ0v) is 18.2. The van der Waals surface area contributed by atoms with Crippen molar-refractivity contribution in [3.05, 3.63) is 91.0 Å². The van der Waals surface area contributed by atoms with Gasteiger partial charge in [0.05, 0.1) is 7.11 Å². The second-order valence-electron chi connectivity index (χ2n) is 7.39. The molecule has 4 aromatic rings. The van der Waals surface area contributed by atoms with Gasteiger partial charge in [0.15, 0.2) is 11.5 Å². The first-order valence-electron chi connectivity index (χ1n) is 9.85. The summed E-state index contributed by atoms with van der Waals surface area (Å²) in [5, 5.41) is 21.3. The van der Waals surface area contributed by atoms with Gasteiger partial charge in [0.25, 0.3) is 0 Å². The third-order valence-corrected chi connectivity index (χ3v) is 7.97. The third-order valence-electron chi connectivity index (χ3n) is 5.40. The quantitative estimate of drug-likeness (QED) is 0.417. The van der Waals surface area contributed by atoms with Gasteiger partial charge in [0.1, 0.15) is 12.9 Å². The molecule has 156 valence electrons. The van der Waals surface area contributed by atoms with E-state index in [-0.39, 0.29) is 11.5 Å². The van der Waals surface area contributed by atoms with Gasteiger partial charge >= 0.3 is 0 Å². The second-order valence-corrected chi connectivity index (χ2v) is 10.2. The summed E-state index contributed by atoms with van der Waals surface area (Å²) in [4.78, 5) is 0. The molecule has 0 radical (unpaired) electrons. The fraction of sp³-hybridized carbons (Fsp3) is 0.0769. The number of phenols is 2. The summed E-state index contributed by atoms with van der Waals surface area (Å²) in [5.41, 5.74) is 3.35. The highest BCUT2D eigenvalue weighted by molar-refractivity contribution is 7.78. The van der Waals surface area contributed by atoms with Gasteiger partial charge in [-0.05, 0) is 47.6 Å². The Kier molecular flexibility index (Phi) is 5.58. The first-order chi connectivity index (χ1) is 14.9. The van der Waals surface area contributed by atoms with E-state index >= 15 is 0 Å². The van der Waals surface area contributed by atoms with E-state index in [0.717, 1.165) is 32.9 Å². The molecule has 0 aliphatic carbocycles. The highest BCUT2D eigenvalue weighted by Gasteiger charge is 2.27. The summed E-state index contributed by atoms with van der Waals surface area (Å²) < 4.78 is 19.5. The van der Waals surface area contributed by atoms with Gasteiger partial charge in [-0.1, -0.05) is 66.7 Å². The molecule has 0 fully saturated rings. The van der Waals surface area contributed by atoms with Crippen LogP contribution in [0.3, 0.4) is 0 Å². The summed E-state index contributed by atoms with van der Waals surface area (Å²) in [7, 11) is -1.45. The van der Waals surface area contributed by atoms with Crippen molar-refractivity contribution in [2.24, 2.45) is 0 Å². The Labute approximate surface area is 181 Å². The van der Waals surface area contributed by atoms with Crippen LogP contribution in [0.4, 0.5) is 0 Å². The van der Waals surface area contributed by atoms with E-state index in [9.17, 15) is 14.8 Å². The molecule has 0 aliphatic heterocycles. The maximum atomic E-state index is 14.1. The molecular formula is C26H23O4P. The molecule has 2 N–H and O–H groups in total. The summed E-state index contributed by atoms with van der Waals surface area (Å²) in [5.74, 6) is 0.561. The molecular weight excluding hydrogens is 407 g/mol. The third kappa shape index (κ3) is 3.95. The van der Waals surface area contributed by atoms with Crippen LogP contribution >= 0.6 is 7.14 Å². The van der Waals surface area contributed by atoms with Crippen molar-refractivity contribution < 1.29 is 19.5 Å². The lowest BCUT2D eigenvalue weighted by Crippen LogP contribution is -2.17. The van der Waals surface area contributed by atoms with Crippen LogP contribution in [-0.4, -0.2) is 24.0 Å². The Bertz CT molecular complexity index is 1260. The zero-order valence-electron chi connectivity index (χ0n) is 17.3. The summed E-state index contributed by atoms with van der Waals surface area (Å²) >= 11 is 0. The topological polar surface area (TPSA) is 66.8 Å². The maximum Gasteiger partial charge on any atom is 0.161 e. The van der Waals surface area contributed by atoms with Crippen LogP contribution in [0, 0.1) is 0 Å². The Morgan fingerprint density at radius 3 is 2.13 bits per heavy atom. The number of benzene rings is 4. The first kappa shape index (κ1) is 20.8. The van der Waals surface area contributed by atoms with Crippen molar-refractivity contribution >= 4 is 17.8 Å². The predicted octanol–water partition coefficient (Wildman–Crippen LogP) is 5.38. The number of methoxy groups -OCH3 is 1. The minimum atomic E-state index is -2.95. The number of phenolic OH excluding ortho intramolecular Hbond substituents is 2. The Balaban J connectivity index is 2.04. The van der Waals surface area contributed by atoms with Crippen molar-refractivity contribution in [2.75, 3.05) is 13.8 Å². The minimum Gasteiger partial charge on any atom is -0.508 e. The molecule has 0 saturated heterocycles. The van der Waals surface area contributed by atoms with Gasteiger partial charge in [0.2, 0.25) is 0 Å². The van der Waals surface area contributed by atoms with Crippen molar-refractivity contribution in [3.8, 4) is 39.5 Å². The number of aromatic hydroxyl groups is 2. The smallest absolute Gasteiger partial charge is 0.161 e. The standard InChI is InChI=1S/C26H23O4P/c1-30-24-17-19(13-16-23(24)28)26-22(18-11-14-20(27)15-12-18)9-6-10-25(26)31(2,29)21-7-4-3-5-8-21/h3-17,27-28H,1-2H3. The maximum absolute atomic E-state index is 14.1. The predicted molar refractivity (Wildman–Crippen MR) is 126 cm³/mol. The summed E-state index contributed by atoms with van der Waals surface area (Å²) in [6, 6.07) is 27.3. The molecule has 4 aromatic carbocycles. The lowest BCUT2D eigenvalue weighted by atomic mass is 9.94. The Morgan fingerprint density at radius 2 is 1.45 bits per heavy atom. The van der Waals surface area contributed by atoms with E-state index < -0.39 is 7.14 Å². The van der Waals surface area contributed by atoms with Crippen molar-refractivity contribution in [1.29, 1.82) is 0 Å². The number of rotatable bonds is 5. The van der Waals surface area contributed by atoms with Gasteiger partial charge in [-0.3, -0.25) is 0 Å². The van der Waals surface area contributed by atoms with E-state index in [2.05, 4.69) is 0 Å². The van der Waals surface area contributed by atoms with Gasteiger partial charge in [-0.15, -0.1) is 0 Å². The molecule has 0 aromatic heterocycles. The molecule has 1 atom stereocenters. The molecule has 4 nitrogen and oxygen atoms in total. The highest BCUT2D eigenvalue weighted by Crippen LogP contribution is 2.46. The summed E-state index contributed by atoms with van der Waals surface area (Å²) in [6.07, 6.45) is 0. The lowest BCUT2D eigenvalue weighted by Gasteiger charge is -2.22. The zero-order chi connectivity index (χ0) is 22.0. The SMILES string of the molecule is COc1cc(-c2c(-c3ccc(O)cc3)cccc2P(C)(=O)c2ccccc2)ccc1O. The molecule has 5 heteroatoms. The van der Waals surface area contributed by atoms with Crippen LogP contribution in [-0.2, 0) is 4.57 Å². The number of ether oxygens (including phenoxy) is 1. The molecule has 4 rings (SSSR count). The average molecular weight is 430 g/mol. The average Bonchev–Trinajstić information content (AvgIpc) is 2.80. The van der Waals surface area contributed by atoms with E-state index in [1.807, 2.05) is 60.7 Å². The van der Waals surface area contributed by atoms with E-state index in [1.165, 1.54) is 7.11 Å². The molecule has 0 spiro atoms. The van der Waals surface area contributed by atoms with E-state index in [4.69, 9.17) is 4.74 Å². The van der Waals surface area contributed by atoms with Crippen LogP contribution in [0.25, 0.3) is 22.3 Å². The van der Waals surface area contributed by atoms with Crippen molar-refractivity contribution in [1.82, 2.24) is 0 Å². The molecule has 0 amide bonds. The largest absolute Gasteiger partial charge is 0.508 e. The molecule has 31 heavy (non-hydrogen) atoms. The molecule has 0 aliphatic rings. The van der Waals surface area contributed by atoms with Crippen LogP contribution in [0.2, 0.25) is 0 Å². The van der Waals surface area contributed by atoms with Gasteiger partial charge in [-0.2, -0.15) is 0 Å². The first-order valence-corrected chi connectivity index (χ1v) is 12.0. The highest BCUT2D eigenvalue weighted by atomic mass is 31.2. The number of hydrogen-bond acceptors (Lipinski definition) is 4. The Hall–Kier alpha value is -3.49. The van der Waals surface area contributed by atoms with E-state index in [0.29, 0.717) is 5.75 Å². The van der Waals surface area contributed by atoms with E-state index in [1.54, 1.807) is 37.0 Å². The fourth-order valence-electron chi connectivity index (χ4n) is 3.77. The van der Waals surface area contributed by atoms with Gasteiger partial charge in [0, 0.05) is 16.2 Å². The monoisotopic (exact) mass is 430 g/mol. The summed E-state index contributed by atoms with van der Waals surface area (Å²) in [6.45, 7) is 1.78. The van der Waals surface area contributed by atoms with Crippen LogP contribution in [0.1, 0.15) is 0 Å². The minimum absolute atomic E-state index is 0.0395. The van der Waals surface area contributed by atoms with Gasteiger partial charge < -0.3 is 19.5 Å². The fourth-order valence-corrected chi connectivity index (χ4v) is 5.83. The molecule has 0 bridgehead atoms. The Morgan fingerprint density at radius 1 is 0.774 bits per heavy atom. The molecule has 1 unspecified atom stereocenters. The van der Waals surface area contributed by atoms with Crippen molar-refractivity contribution in [3.63, 3.8) is 0 Å². The van der Waals surface area contributed by atoms with Gasteiger partial charge in [-0.25, -0.2) is 0 Å². The normalized spacial score (nSPS) is 12.8. The molecule has 0 heterocycles. The van der Waals surface area contributed by atoms with Crippen LogP contribution < -0.4 is 15.3 Å². The second kappa shape index (κ2) is 8.33. The lowest BCUT2D eigenvalue weighted by molar-refractivity contribution is 0.373. The van der Waals surface area contributed by atoms with Crippen LogP contribution in [0.15, 0.2) is 91.0 Å². The van der Waals surface area contributed by atoms with Crippen LogP contribution in [0.5, 0.6) is 17.2 Å². The molecule has 0 saturated carbocycles. The van der Waals surface area contributed by atoms with Crippen molar-refractivity contribution in [2.45, 2.75) is 0 Å².